The van der Waals surface area contributed by atoms with Crippen molar-refractivity contribution in [3.8, 4) is 10.7 Å². The van der Waals surface area contributed by atoms with Gasteiger partial charge in [0.15, 0.2) is 5.78 Å². The molecule has 1 aliphatic rings. The summed E-state index contributed by atoms with van der Waals surface area (Å²) in [6, 6.07) is 2.18. The van der Waals surface area contributed by atoms with Gasteiger partial charge in [-0.15, -0.1) is 11.3 Å². The molecule has 1 fully saturated rings. The molecule has 0 bridgehead atoms. The molecule has 1 saturated heterocycles. The molecule has 0 unspecified atom stereocenters. The molecular formula is C16H18BrN3OS. The van der Waals surface area contributed by atoms with Crippen molar-refractivity contribution in [1.29, 1.82) is 0 Å². The quantitative estimate of drug-likeness (QED) is 0.594. The van der Waals surface area contributed by atoms with Crippen LogP contribution >= 0.6 is 27.3 Å². The number of halogens is 1. The highest BCUT2D eigenvalue weighted by atomic mass is 79.9. The van der Waals surface area contributed by atoms with Crippen LogP contribution in [0.1, 0.15) is 33.8 Å². The molecule has 1 aliphatic heterocycles. The van der Waals surface area contributed by atoms with E-state index in [-0.39, 0.29) is 5.78 Å². The van der Waals surface area contributed by atoms with Gasteiger partial charge < -0.3 is 4.90 Å². The molecule has 6 heteroatoms. The summed E-state index contributed by atoms with van der Waals surface area (Å²) in [5.41, 5.74) is 3.98. The smallest absolute Gasteiger partial charge is 0.185 e. The molecule has 0 amide bonds. The lowest BCUT2D eigenvalue weighted by Crippen LogP contribution is -2.19. The zero-order valence-corrected chi connectivity index (χ0v) is 15.1. The van der Waals surface area contributed by atoms with Gasteiger partial charge in [0.25, 0.3) is 0 Å². The van der Waals surface area contributed by atoms with Gasteiger partial charge in [0.2, 0.25) is 0 Å². The molecule has 0 radical (unpaired) electrons. The minimum Gasteiger partial charge on any atom is -0.370 e. The second-order valence-electron chi connectivity index (χ2n) is 5.56. The average Bonchev–Trinajstić information content (AvgIpc) is 3.16. The first kappa shape index (κ1) is 15.6. The highest BCUT2D eigenvalue weighted by Gasteiger charge is 2.22. The molecule has 22 heavy (non-hydrogen) atoms. The topological polar surface area (TPSA) is 46.1 Å². The van der Waals surface area contributed by atoms with E-state index in [1.165, 1.54) is 24.2 Å². The van der Waals surface area contributed by atoms with Crippen LogP contribution in [0.3, 0.4) is 0 Å². The molecule has 3 rings (SSSR count). The summed E-state index contributed by atoms with van der Waals surface area (Å²) in [5, 5.41) is 1.17. The molecule has 116 valence electrons. The largest absolute Gasteiger partial charge is 0.370 e. The Hall–Kier alpha value is -1.27. The van der Waals surface area contributed by atoms with Gasteiger partial charge in [0.1, 0.15) is 10.7 Å². The molecule has 0 N–H and O–H groups in total. The molecule has 0 saturated carbocycles. The normalized spacial score (nSPS) is 14.6. The number of anilines is 1. The highest BCUT2D eigenvalue weighted by molar-refractivity contribution is 9.09. The van der Waals surface area contributed by atoms with Gasteiger partial charge in [0.05, 0.1) is 21.6 Å². The number of Topliss-reactive ketones (excluding diaryl/α,β-unsaturated/α-hetero) is 1. The number of aromatic nitrogens is 2. The minimum atomic E-state index is 0.0797. The molecule has 0 aliphatic carbocycles. The van der Waals surface area contributed by atoms with Crippen LogP contribution in [0.4, 0.5) is 5.69 Å². The number of rotatable bonds is 4. The fourth-order valence-electron chi connectivity index (χ4n) is 2.73. The summed E-state index contributed by atoms with van der Waals surface area (Å²) in [4.78, 5) is 24.3. The monoisotopic (exact) mass is 379 g/mol. The highest BCUT2D eigenvalue weighted by Crippen LogP contribution is 2.35. The van der Waals surface area contributed by atoms with E-state index in [0.29, 0.717) is 5.33 Å². The number of carbonyl (C=O) groups excluding carboxylic acids is 1. The Morgan fingerprint density at radius 1 is 1.36 bits per heavy atom. The zero-order chi connectivity index (χ0) is 15.7. The van der Waals surface area contributed by atoms with Crippen molar-refractivity contribution in [2.75, 3.05) is 23.3 Å². The molecule has 0 aromatic carbocycles. The van der Waals surface area contributed by atoms with E-state index < -0.39 is 0 Å². The third-order valence-corrected chi connectivity index (χ3v) is 5.54. The van der Waals surface area contributed by atoms with Crippen molar-refractivity contribution in [1.82, 2.24) is 9.97 Å². The zero-order valence-electron chi connectivity index (χ0n) is 12.7. The van der Waals surface area contributed by atoms with Gasteiger partial charge >= 0.3 is 0 Å². The van der Waals surface area contributed by atoms with Gasteiger partial charge in [-0.2, -0.15) is 0 Å². The summed E-state index contributed by atoms with van der Waals surface area (Å²) < 4.78 is 0. The van der Waals surface area contributed by atoms with Gasteiger partial charge in [-0.1, -0.05) is 15.9 Å². The van der Waals surface area contributed by atoms with E-state index in [4.69, 9.17) is 0 Å². The number of ketones is 1. The lowest BCUT2D eigenvalue weighted by molar-refractivity contribution is 0.102. The van der Waals surface area contributed by atoms with Crippen molar-refractivity contribution in [2.24, 2.45) is 0 Å². The average molecular weight is 380 g/mol. The first-order chi connectivity index (χ1) is 10.6. The summed E-state index contributed by atoms with van der Waals surface area (Å²) in [5.74, 6) is 0.0797. The van der Waals surface area contributed by atoms with Crippen molar-refractivity contribution < 1.29 is 4.79 Å². The van der Waals surface area contributed by atoms with Gasteiger partial charge in [0, 0.05) is 19.3 Å². The number of hydrogen-bond acceptors (Lipinski definition) is 5. The maximum Gasteiger partial charge on any atom is 0.185 e. The molecule has 3 heterocycles. The fraction of sp³-hybridized carbons (Fsp3) is 0.438. The van der Waals surface area contributed by atoms with Crippen molar-refractivity contribution in [3.63, 3.8) is 0 Å². The molecule has 0 atom stereocenters. The Morgan fingerprint density at radius 2 is 2.09 bits per heavy atom. The first-order valence-electron chi connectivity index (χ1n) is 7.38. The Balaban J connectivity index is 2.06. The van der Waals surface area contributed by atoms with Gasteiger partial charge in [-0.05, 0) is 38.3 Å². The Kier molecular flexibility index (Phi) is 4.59. The molecular weight excluding hydrogens is 362 g/mol. The predicted molar refractivity (Wildman–Crippen MR) is 94.4 cm³/mol. The van der Waals surface area contributed by atoms with E-state index in [1.54, 1.807) is 0 Å². The van der Waals surface area contributed by atoms with Crippen molar-refractivity contribution in [3.05, 3.63) is 28.4 Å². The Bertz CT molecular complexity index is 707. The van der Waals surface area contributed by atoms with Gasteiger partial charge in [-0.3, -0.25) is 9.78 Å². The molecule has 4 nitrogen and oxygen atoms in total. The maximum atomic E-state index is 12.0. The van der Waals surface area contributed by atoms with Crippen molar-refractivity contribution in [2.45, 2.75) is 26.7 Å². The van der Waals surface area contributed by atoms with Crippen LogP contribution in [0.15, 0.2) is 12.3 Å². The molecule has 2 aromatic heterocycles. The van der Waals surface area contributed by atoms with Crippen LogP contribution in [-0.2, 0) is 0 Å². The number of nitrogens with zero attached hydrogens (tertiary/aromatic N) is 3. The number of hydrogen-bond donors (Lipinski definition) is 0. The fourth-order valence-corrected chi connectivity index (χ4v) is 4.21. The second-order valence-corrected chi connectivity index (χ2v) is 7.12. The van der Waals surface area contributed by atoms with Crippen LogP contribution in [0, 0.1) is 13.8 Å². The third kappa shape index (κ3) is 2.94. The van der Waals surface area contributed by atoms with E-state index >= 15 is 0 Å². The number of thiazole rings is 1. The van der Waals surface area contributed by atoms with Gasteiger partial charge in [-0.25, -0.2) is 4.98 Å². The van der Waals surface area contributed by atoms with Crippen LogP contribution < -0.4 is 4.90 Å². The standard InChI is InChI=1S/C16H18BrN3OS/c1-10-7-12(20-5-3-4-6-20)14(18-9-10)16-19-11(2)15(22-16)13(21)8-17/h7,9H,3-6,8H2,1-2H3. The molecule has 2 aromatic rings. The maximum absolute atomic E-state index is 12.0. The summed E-state index contributed by atoms with van der Waals surface area (Å²) in [7, 11) is 0. The van der Waals surface area contributed by atoms with E-state index in [0.717, 1.165) is 45.6 Å². The first-order valence-corrected chi connectivity index (χ1v) is 9.32. The Morgan fingerprint density at radius 3 is 2.77 bits per heavy atom. The van der Waals surface area contributed by atoms with E-state index in [2.05, 4.69) is 43.8 Å². The summed E-state index contributed by atoms with van der Waals surface area (Å²) >= 11 is 4.68. The second kappa shape index (κ2) is 6.46. The Labute approximate surface area is 142 Å². The van der Waals surface area contributed by atoms with Crippen LogP contribution in [0.2, 0.25) is 0 Å². The van der Waals surface area contributed by atoms with E-state index in [9.17, 15) is 4.79 Å². The van der Waals surface area contributed by atoms with Crippen LogP contribution in [0.5, 0.6) is 0 Å². The lowest BCUT2D eigenvalue weighted by Gasteiger charge is -2.20. The number of pyridine rings is 1. The van der Waals surface area contributed by atoms with Crippen molar-refractivity contribution >= 4 is 38.7 Å². The van der Waals surface area contributed by atoms with E-state index in [1.807, 2.05) is 13.1 Å². The SMILES string of the molecule is Cc1cnc(-c2nc(C)c(C(=O)CBr)s2)c(N2CCCC2)c1. The minimum absolute atomic E-state index is 0.0797. The number of alkyl halides is 1. The summed E-state index contributed by atoms with van der Waals surface area (Å²) in [6.45, 7) is 6.08. The van der Waals surface area contributed by atoms with Crippen LogP contribution in [0.25, 0.3) is 10.7 Å². The lowest BCUT2D eigenvalue weighted by atomic mass is 10.2. The number of carbonyl (C=O) groups is 1. The number of aryl methyl sites for hydroxylation is 2. The van der Waals surface area contributed by atoms with Crippen LogP contribution in [-0.4, -0.2) is 34.2 Å². The predicted octanol–water partition coefficient (Wildman–Crippen LogP) is 4.00. The summed E-state index contributed by atoms with van der Waals surface area (Å²) in [6.07, 6.45) is 4.31. The third-order valence-electron chi connectivity index (χ3n) is 3.82. The molecule has 0 spiro atoms.